The molecular formula is C15H30N2. The summed E-state index contributed by atoms with van der Waals surface area (Å²) in [6.07, 6.45) is 10.7. The molecule has 0 bridgehead atoms. The van der Waals surface area contributed by atoms with Crippen LogP contribution < -0.4 is 5.73 Å². The van der Waals surface area contributed by atoms with E-state index in [0.29, 0.717) is 11.5 Å². The maximum absolute atomic E-state index is 6.11. The summed E-state index contributed by atoms with van der Waals surface area (Å²) >= 11 is 0. The molecule has 2 heteroatoms. The first-order valence-corrected chi connectivity index (χ1v) is 7.45. The molecule has 2 aliphatic rings. The Morgan fingerprint density at radius 2 is 1.65 bits per heavy atom. The summed E-state index contributed by atoms with van der Waals surface area (Å²) in [5.74, 6) is 0. The Morgan fingerprint density at radius 1 is 1.00 bits per heavy atom. The smallest absolute Gasteiger partial charge is 0.0110 e. The van der Waals surface area contributed by atoms with Crippen molar-refractivity contribution in [1.82, 2.24) is 4.90 Å². The van der Waals surface area contributed by atoms with E-state index in [1.54, 1.807) is 0 Å². The third-order valence-corrected chi connectivity index (χ3v) is 5.15. The molecule has 0 aromatic heterocycles. The van der Waals surface area contributed by atoms with Gasteiger partial charge in [0.1, 0.15) is 0 Å². The monoisotopic (exact) mass is 238 g/mol. The molecule has 0 spiro atoms. The minimum absolute atomic E-state index is 0.455. The zero-order valence-electron chi connectivity index (χ0n) is 11.9. The van der Waals surface area contributed by atoms with Gasteiger partial charge in [0.25, 0.3) is 0 Å². The van der Waals surface area contributed by atoms with Crippen LogP contribution in [0.4, 0.5) is 0 Å². The number of rotatable bonds is 2. The summed E-state index contributed by atoms with van der Waals surface area (Å²) in [5, 5.41) is 0. The summed E-state index contributed by atoms with van der Waals surface area (Å²) in [4.78, 5) is 2.66. The highest BCUT2D eigenvalue weighted by Crippen LogP contribution is 2.38. The number of nitrogens with zero attached hydrogens (tertiary/aromatic N) is 1. The molecule has 0 saturated heterocycles. The first-order chi connectivity index (χ1) is 7.98. The van der Waals surface area contributed by atoms with E-state index in [1.165, 1.54) is 51.4 Å². The molecule has 2 N–H and O–H groups in total. The molecule has 2 atom stereocenters. The minimum atomic E-state index is 0.455. The molecule has 2 rings (SSSR count). The highest BCUT2D eigenvalue weighted by molar-refractivity contribution is 4.88. The van der Waals surface area contributed by atoms with E-state index in [4.69, 9.17) is 5.73 Å². The van der Waals surface area contributed by atoms with Crippen LogP contribution in [0, 0.1) is 5.41 Å². The SMILES string of the molecule is CN(C1CCC(C)(C)CC1)C1CCCC(N)C1. The Hall–Kier alpha value is -0.0800. The van der Waals surface area contributed by atoms with E-state index < -0.39 is 0 Å². The van der Waals surface area contributed by atoms with Gasteiger partial charge in [0.2, 0.25) is 0 Å². The molecule has 17 heavy (non-hydrogen) atoms. The van der Waals surface area contributed by atoms with Crippen molar-refractivity contribution >= 4 is 0 Å². The Bertz CT molecular complexity index is 239. The molecule has 100 valence electrons. The first kappa shape index (κ1) is 13.4. The summed E-state index contributed by atoms with van der Waals surface area (Å²) in [6, 6.07) is 2.03. The lowest BCUT2D eigenvalue weighted by Gasteiger charge is -2.43. The van der Waals surface area contributed by atoms with Gasteiger partial charge in [0, 0.05) is 18.1 Å². The van der Waals surface area contributed by atoms with Gasteiger partial charge in [0.05, 0.1) is 0 Å². The third kappa shape index (κ3) is 3.45. The van der Waals surface area contributed by atoms with Crippen molar-refractivity contribution in [2.45, 2.75) is 83.3 Å². The van der Waals surface area contributed by atoms with Crippen molar-refractivity contribution in [3.63, 3.8) is 0 Å². The van der Waals surface area contributed by atoms with Crippen molar-refractivity contribution < 1.29 is 0 Å². The van der Waals surface area contributed by atoms with E-state index in [-0.39, 0.29) is 0 Å². The summed E-state index contributed by atoms with van der Waals surface area (Å²) in [5.41, 5.74) is 6.69. The van der Waals surface area contributed by atoms with Crippen LogP contribution in [-0.2, 0) is 0 Å². The average Bonchev–Trinajstić information content (AvgIpc) is 2.28. The quantitative estimate of drug-likeness (QED) is 0.800. The van der Waals surface area contributed by atoms with Crippen LogP contribution in [0.5, 0.6) is 0 Å². The Balaban J connectivity index is 1.85. The standard InChI is InChI=1S/C15H30N2/c1-15(2)9-7-13(8-10-15)17(3)14-6-4-5-12(16)11-14/h12-14H,4-11,16H2,1-3H3. The van der Waals surface area contributed by atoms with Gasteiger partial charge in [-0.1, -0.05) is 20.3 Å². The van der Waals surface area contributed by atoms with Gasteiger partial charge in [-0.2, -0.15) is 0 Å². The zero-order chi connectivity index (χ0) is 12.5. The van der Waals surface area contributed by atoms with E-state index in [2.05, 4.69) is 25.8 Å². The van der Waals surface area contributed by atoms with Gasteiger partial charge in [-0.3, -0.25) is 0 Å². The highest BCUT2D eigenvalue weighted by Gasteiger charge is 2.32. The molecule has 0 heterocycles. The molecular weight excluding hydrogens is 208 g/mol. The average molecular weight is 238 g/mol. The van der Waals surface area contributed by atoms with Crippen LogP contribution in [0.1, 0.15) is 65.2 Å². The molecule has 0 amide bonds. The van der Waals surface area contributed by atoms with Gasteiger partial charge >= 0.3 is 0 Å². The third-order valence-electron chi connectivity index (χ3n) is 5.15. The number of hydrogen-bond donors (Lipinski definition) is 1. The van der Waals surface area contributed by atoms with Gasteiger partial charge in [-0.15, -0.1) is 0 Å². The highest BCUT2D eigenvalue weighted by atomic mass is 15.2. The minimum Gasteiger partial charge on any atom is -0.328 e. The zero-order valence-corrected chi connectivity index (χ0v) is 11.9. The van der Waals surface area contributed by atoms with Crippen LogP contribution in [-0.4, -0.2) is 30.1 Å². The summed E-state index contributed by atoms with van der Waals surface area (Å²) in [7, 11) is 2.34. The van der Waals surface area contributed by atoms with Crippen LogP contribution in [0.3, 0.4) is 0 Å². The molecule has 0 radical (unpaired) electrons. The van der Waals surface area contributed by atoms with Crippen molar-refractivity contribution in [2.24, 2.45) is 11.1 Å². The molecule has 0 aromatic carbocycles. The molecule has 2 nitrogen and oxygen atoms in total. The van der Waals surface area contributed by atoms with Crippen LogP contribution >= 0.6 is 0 Å². The second kappa shape index (κ2) is 5.27. The molecule has 2 unspecified atom stereocenters. The van der Waals surface area contributed by atoms with Gasteiger partial charge in [0.15, 0.2) is 0 Å². The maximum Gasteiger partial charge on any atom is 0.0110 e. The normalized spacial score (nSPS) is 35.1. The second-order valence-corrected chi connectivity index (χ2v) is 7.14. The lowest BCUT2D eigenvalue weighted by Crippen LogP contribution is -2.47. The van der Waals surface area contributed by atoms with E-state index >= 15 is 0 Å². The van der Waals surface area contributed by atoms with Gasteiger partial charge < -0.3 is 10.6 Å². The van der Waals surface area contributed by atoms with Gasteiger partial charge in [-0.25, -0.2) is 0 Å². The number of nitrogens with two attached hydrogens (primary N) is 1. The largest absolute Gasteiger partial charge is 0.328 e. The Morgan fingerprint density at radius 3 is 2.24 bits per heavy atom. The fourth-order valence-corrected chi connectivity index (χ4v) is 3.66. The molecule has 0 aromatic rings. The first-order valence-electron chi connectivity index (χ1n) is 7.45. The fourth-order valence-electron chi connectivity index (χ4n) is 3.66. The van der Waals surface area contributed by atoms with Crippen molar-refractivity contribution in [3.8, 4) is 0 Å². The maximum atomic E-state index is 6.11. The summed E-state index contributed by atoms with van der Waals surface area (Å²) < 4.78 is 0. The molecule has 2 saturated carbocycles. The van der Waals surface area contributed by atoms with E-state index in [9.17, 15) is 0 Å². The predicted octanol–water partition coefficient (Wildman–Crippen LogP) is 3.16. The van der Waals surface area contributed by atoms with E-state index in [0.717, 1.165) is 12.1 Å². The van der Waals surface area contributed by atoms with Crippen molar-refractivity contribution in [1.29, 1.82) is 0 Å². The van der Waals surface area contributed by atoms with Crippen molar-refractivity contribution in [2.75, 3.05) is 7.05 Å². The van der Waals surface area contributed by atoms with Crippen molar-refractivity contribution in [3.05, 3.63) is 0 Å². The number of hydrogen-bond acceptors (Lipinski definition) is 2. The van der Waals surface area contributed by atoms with Crippen LogP contribution in [0.2, 0.25) is 0 Å². The lowest BCUT2D eigenvalue weighted by molar-refractivity contribution is 0.0746. The van der Waals surface area contributed by atoms with Gasteiger partial charge in [-0.05, 0) is 57.4 Å². The molecule has 2 aliphatic carbocycles. The molecule has 0 aliphatic heterocycles. The summed E-state index contributed by atoms with van der Waals surface area (Å²) in [6.45, 7) is 4.83. The molecule has 2 fully saturated rings. The Kier molecular flexibility index (Phi) is 4.14. The van der Waals surface area contributed by atoms with E-state index in [1.807, 2.05) is 0 Å². The predicted molar refractivity (Wildman–Crippen MR) is 74.0 cm³/mol. The second-order valence-electron chi connectivity index (χ2n) is 7.14. The van der Waals surface area contributed by atoms with Crippen LogP contribution in [0.25, 0.3) is 0 Å². The Labute approximate surface area is 107 Å². The van der Waals surface area contributed by atoms with Crippen LogP contribution in [0.15, 0.2) is 0 Å². The lowest BCUT2D eigenvalue weighted by atomic mass is 9.75. The fraction of sp³-hybridized carbons (Fsp3) is 1.00. The topological polar surface area (TPSA) is 29.3 Å².